The third-order valence-corrected chi connectivity index (χ3v) is 6.45. The Balaban J connectivity index is 1.50. The van der Waals surface area contributed by atoms with E-state index in [9.17, 15) is 4.79 Å². The van der Waals surface area contributed by atoms with E-state index in [4.69, 9.17) is 0 Å². The summed E-state index contributed by atoms with van der Waals surface area (Å²) in [6.07, 6.45) is 0. The summed E-state index contributed by atoms with van der Waals surface area (Å²) in [5.41, 5.74) is 7.84. The molecule has 1 aliphatic heterocycles. The van der Waals surface area contributed by atoms with Gasteiger partial charge in [0.2, 0.25) is 0 Å². The van der Waals surface area contributed by atoms with Crippen LogP contribution >= 0.6 is 0 Å². The monoisotopic (exact) mass is 436 g/mol. The first kappa shape index (κ1) is 21.1. The fourth-order valence-corrected chi connectivity index (χ4v) is 4.60. The Kier molecular flexibility index (Phi) is 5.55. The van der Waals surface area contributed by atoms with E-state index < -0.39 is 0 Å². The topological polar surface area (TPSA) is 49.3 Å². The summed E-state index contributed by atoms with van der Waals surface area (Å²) in [5, 5.41) is 9.79. The maximum absolute atomic E-state index is 13.9. The van der Waals surface area contributed by atoms with Crippen molar-refractivity contribution in [2.24, 2.45) is 0 Å². The molecule has 0 radical (unpaired) electrons. The lowest BCUT2D eigenvalue weighted by Crippen LogP contribution is -2.49. The lowest BCUT2D eigenvalue weighted by Gasteiger charge is -2.37. The molecule has 0 aliphatic carbocycles. The summed E-state index contributed by atoms with van der Waals surface area (Å²) in [5.74, 6) is 0.0277. The van der Waals surface area contributed by atoms with Gasteiger partial charge in [-0.1, -0.05) is 54.1 Å². The smallest absolute Gasteiger partial charge is 0.256 e. The number of carbonyl (C=O) groups excluding carboxylic acids is 1. The van der Waals surface area contributed by atoms with Gasteiger partial charge in [-0.15, -0.1) is 10.2 Å². The standard InChI is InChI=1S/C28H28N4O/c1-19-10-12-24-23(17-19)26(27(30-29-24)22-7-5-4-6-8-22)28(33)32-15-13-31(14-16-32)25-18-20(2)9-11-21(25)3/h4-12,17-18H,13-16H2,1-3H3. The van der Waals surface area contributed by atoms with E-state index in [2.05, 4.69) is 53.2 Å². The molecule has 5 heteroatoms. The van der Waals surface area contributed by atoms with Gasteiger partial charge >= 0.3 is 0 Å². The molecule has 0 atom stereocenters. The number of piperazine rings is 1. The predicted molar refractivity (Wildman–Crippen MR) is 134 cm³/mol. The Morgan fingerprint density at radius 2 is 1.48 bits per heavy atom. The van der Waals surface area contributed by atoms with Gasteiger partial charge in [-0.25, -0.2) is 0 Å². The molecule has 33 heavy (non-hydrogen) atoms. The van der Waals surface area contributed by atoms with Crippen LogP contribution in [-0.4, -0.2) is 47.2 Å². The number of aromatic nitrogens is 2. The highest BCUT2D eigenvalue weighted by atomic mass is 16.2. The van der Waals surface area contributed by atoms with Crippen LogP contribution < -0.4 is 4.90 Å². The lowest BCUT2D eigenvalue weighted by molar-refractivity contribution is 0.0749. The molecule has 0 spiro atoms. The Labute approximate surface area is 194 Å². The van der Waals surface area contributed by atoms with Crippen molar-refractivity contribution in [1.82, 2.24) is 15.1 Å². The second kappa shape index (κ2) is 8.66. The molecule has 2 heterocycles. The third kappa shape index (κ3) is 4.07. The minimum atomic E-state index is 0.0277. The first-order chi connectivity index (χ1) is 16.0. The van der Waals surface area contributed by atoms with Crippen molar-refractivity contribution in [3.05, 3.63) is 89.0 Å². The maximum atomic E-state index is 13.9. The molecule has 5 nitrogen and oxygen atoms in total. The van der Waals surface area contributed by atoms with Crippen LogP contribution in [-0.2, 0) is 0 Å². The third-order valence-electron chi connectivity index (χ3n) is 6.45. The van der Waals surface area contributed by atoms with E-state index in [-0.39, 0.29) is 5.91 Å². The van der Waals surface area contributed by atoms with Crippen LogP contribution in [0.15, 0.2) is 66.7 Å². The molecule has 0 bridgehead atoms. The van der Waals surface area contributed by atoms with E-state index in [1.54, 1.807) is 0 Å². The second-order valence-electron chi connectivity index (χ2n) is 8.88. The van der Waals surface area contributed by atoms with Gasteiger partial charge in [0, 0.05) is 42.8 Å². The highest BCUT2D eigenvalue weighted by molar-refractivity contribution is 6.10. The van der Waals surface area contributed by atoms with E-state index >= 15 is 0 Å². The molecule has 1 fully saturated rings. The van der Waals surface area contributed by atoms with Gasteiger partial charge in [-0.05, 0) is 50.1 Å². The zero-order valence-corrected chi connectivity index (χ0v) is 19.4. The van der Waals surface area contributed by atoms with Gasteiger partial charge in [-0.3, -0.25) is 4.79 Å². The molecule has 1 aliphatic rings. The van der Waals surface area contributed by atoms with Crippen molar-refractivity contribution >= 4 is 22.5 Å². The fourth-order valence-electron chi connectivity index (χ4n) is 4.60. The second-order valence-corrected chi connectivity index (χ2v) is 8.88. The Morgan fingerprint density at radius 3 is 2.24 bits per heavy atom. The van der Waals surface area contributed by atoms with Crippen molar-refractivity contribution in [1.29, 1.82) is 0 Å². The number of fused-ring (bicyclic) bond motifs is 1. The number of hydrogen-bond acceptors (Lipinski definition) is 4. The SMILES string of the molecule is Cc1ccc(C)c(N2CCN(C(=O)c3c(-c4ccccc4)nnc4ccc(C)cc34)CC2)c1. The van der Waals surface area contributed by atoms with Crippen molar-refractivity contribution in [3.8, 4) is 11.3 Å². The van der Waals surface area contributed by atoms with Crippen LogP contribution in [0.5, 0.6) is 0 Å². The molecule has 0 unspecified atom stereocenters. The van der Waals surface area contributed by atoms with Gasteiger partial charge < -0.3 is 9.80 Å². The number of hydrogen-bond donors (Lipinski definition) is 0. The lowest BCUT2D eigenvalue weighted by atomic mass is 9.99. The zero-order chi connectivity index (χ0) is 22.9. The van der Waals surface area contributed by atoms with Gasteiger partial charge in [-0.2, -0.15) is 0 Å². The highest BCUT2D eigenvalue weighted by Crippen LogP contribution is 2.30. The largest absolute Gasteiger partial charge is 0.368 e. The van der Waals surface area contributed by atoms with E-state index in [0.29, 0.717) is 24.3 Å². The van der Waals surface area contributed by atoms with E-state index in [1.807, 2.05) is 54.3 Å². The minimum absolute atomic E-state index is 0.0277. The molecule has 0 saturated carbocycles. The number of benzene rings is 3. The maximum Gasteiger partial charge on any atom is 0.256 e. The molecular formula is C28H28N4O. The quantitative estimate of drug-likeness (QED) is 0.444. The first-order valence-corrected chi connectivity index (χ1v) is 11.5. The van der Waals surface area contributed by atoms with Crippen molar-refractivity contribution < 1.29 is 4.79 Å². The van der Waals surface area contributed by atoms with Crippen LogP contribution in [0.2, 0.25) is 0 Å². The normalized spacial score (nSPS) is 14.0. The van der Waals surface area contributed by atoms with Gasteiger partial charge in [0.15, 0.2) is 0 Å². The van der Waals surface area contributed by atoms with Crippen LogP contribution in [0.4, 0.5) is 5.69 Å². The Bertz CT molecular complexity index is 1320. The van der Waals surface area contributed by atoms with Crippen LogP contribution in [0, 0.1) is 20.8 Å². The van der Waals surface area contributed by atoms with Crippen molar-refractivity contribution in [2.45, 2.75) is 20.8 Å². The Morgan fingerprint density at radius 1 is 0.788 bits per heavy atom. The van der Waals surface area contributed by atoms with Crippen molar-refractivity contribution in [2.75, 3.05) is 31.1 Å². The number of nitrogens with zero attached hydrogens (tertiary/aromatic N) is 4. The molecule has 0 N–H and O–H groups in total. The number of rotatable bonds is 3. The molecule has 3 aromatic carbocycles. The summed E-state index contributed by atoms with van der Waals surface area (Å²) < 4.78 is 0. The molecule has 1 aromatic heterocycles. The predicted octanol–water partition coefficient (Wildman–Crippen LogP) is 5.18. The summed E-state index contributed by atoms with van der Waals surface area (Å²) in [7, 11) is 0. The summed E-state index contributed by atoms with van der Waals surface area (Å²) in [6.45, 7) is 9.29. The molecule has 166 valence electrons. The number of amides is 1. The summed E-state index contributed by atoms with van der Waals surface area (Å²) in [6, 6.07) is 22.4. The summed E-state index contributed by atoms with van der Waals surface area (Å²) in [4.78, 5) is 18.3. The highest BCUT2D eigenvalue weighted by Gasteiger charge is 2.27. The van der Waals surface area contributed by atoms with Crippen LogP contribution in [0.1, 0.15) is 27.0 Å². The minimum Gasteiger partial charge on any atom is -0.368 e. The average Bonchev–Trinajstić information content (AvgIpc) is 2.85. The van der Waals surface area contributed by atoms with Gasteiger partial charge in [0.05, 0.1) is 11.1 Å². The van der Waals surface area contributed by atoms with Crippen LogP contribution in [0.25, 0.3) is 22.2 Å². The van der Waals surface area contributed by atoms with Gasteiger partial charge in [0.1, 0.15) is 5.69 Å². The number of anilines is 1. The molecular weight excluding hydrogens is 408 g/mol. The number of carbonyl (C=O) groups is 1. The summed E-state index contributed by atoms with van der Waals surface area (Å²) >= 11 is 0. The Hall–Kier alpha value is -3.73. The average molecular weight is 437 g/mol. The van der Waals surface area contributed by atoms with Crippen LogP contribution in [0.3, 0.4) is 0 Å². The fraction of sp³-hybridized carbons (Fsp3) is 0.250. The van der Waals surface area contributed by atoms with E-state index in [1.165, 1.54) is 16.8 Å². The first-order valence-electron chi connectivity index (χ1n) is 11.5. The van der Waals surface area contributed by atoms with Crippen molar-refractivity contribution in [3.63, 3.8) is 0 Å². The van der Waals surface area contributed by atoms with Gasteiger partial charge in [0.25, 0.3) is 5.91 Å². The zero-order valence-electron chi connectivity index (χ0n) is 19.4. The molecule has 1 saturated heterocycles. The molecule has 5 rings (SSSR count). The molecule has 1 amide bonds. The number of aryl methyl sites for hydroxylation is 3. The molecule has 4 aromatic rings. The van der Waals surface area contributed by atoms with E-state index in [0.717, 1.165) is 35.1 Å².